The fourth-order valence-electron chi connectivity index (χ4n) is 3.99. The van der Waals surface area contributed by atoms with Gasteiger partial charge in [0.05, 0.1) is 6.61 Å². The van der Waals surface area contributed by atoms with Gasteiger partial charge in [-0.2, -0.15) is 0 Å². The molecule has 0 aromatic heterocycles. The van der Waals surface area contributed by atoms with Crippen molar-refractivity contribution < 1.29 is 4.74 Å². The summed E-state index contributed by atoms with van der Waals surface area (Å²) in [6.45, 7) is 5.53. The summed E-state index contributed by atoms with van der Waals surface area (Å²) in [6, 6.07) is 9.86. The van der Waals surface area contributed by atoms with E-state index in [4.69, 9.17) is 4.74 Å². The first-order chi connectivity index (χ1) is 10.3. The highest BCUT2D eigenvalue weighted by Crippen LogP contribution is 2.42. The van der Waals surface area contributed by atoms with Crippen LogP contribution in [-0.2, 0) is 0 Å². The summed E-state index contributed by atoms with van der Waals surface area (Å²) in [5.74, 6) is 1.66. The number of ether oxygens (including phenoxy) is 1. The Kier molecular flexibility index (Phi) is 4.81. The molecule has 1 saturated heterocycles. The van der Waals surface area contributed by atoms with Gasteiger partial charge in [-0.25, -0.2) is 0 Å². The van der Waals surface area contributed by atoms with Crippen LogP contribution in [0, 0.1) is 5.92 Å². The van der Waals surface area contributed by atoms with E-state index in [1.54, 1.807) is 0 Å². The maximum Gasteiger partial charge on any atom is 0.124 e. The topological polar surface area (TPSA) is 24.5 Å². The maximum atomic E-state index is 5.93. The van der Waals surface area contributed by atoms with Crippen LogP contribution in [0.5, 0.6) is 5.75 Å². The molecule has 0 bridgehead atoms. The lowest BCUT2D eigenvalue weighted by Crippen LogP contribution is -2.47. The van der Waals surface area contributed by atoms with Gasteiger partial charge in [0.1, 0.15) is 5.75 Å². The van der Waals surface area contributed by atoms with Crippen LogP contribution in [0.25, 0.3) is 0 Å². The van der Waals surface area contributed by atoms with E-state index in [1.165, 1.54) is 37.8 Å². The Labute approximate surface area is 128 Å². The van der Waals surface area contributed by atoms with Gasteiger partial charge in [-0.05, 0) is 45.5 Å². The molecule has 3 nitrogen and oxygen atoms in total. The van der Waals surface area contributed by atoms with Crippen molar-refractivity contribution in [3.63, 3.8) is 0 Å². The van der Waals surface area contributed by atoms with Crippen molar-refractivity contribution in [1.82, 2.24) is 10.2 Å². The normalized spacial score (nSPS) is 29.7. The van der Waals surface area contributed by atoms with Crippen molar-refractivity contribution >= 4 is 0 Å². The first-order valence-corrected chi connectivity index (χ1v) is 8.43. The third-order valence-electron chi connectivity index (χ3n) is 5.04. The molecule has 1 aromatic rings. The molecule has 116 valence electrons. The number of nitrogens with one attached hydrogen (secondary N) is 1. The van der Waals surface area contributed by atoms with E-state index < -0.39 is 0 Å². The highest BCUT2D eigenvalue weighted by molar-refractivity contribution is 5.38. The van der Waals surface area contributed by atoms with Gasteiger partial charge in [-0.1, -0.05) is 31.5 Å². The SMILES string of the molecule is CNCCC1CCCCN1C1c2ccccc2OCC1C. The van der Waals surface area contributed by atoms with Gasteiger partial charge in [0.25, 0.3) is 0 Å². The second-order valence-corrected chi connectivity index (χ2v) is 6.55. The highest BCUT2D eigenvalue weighted by Gasteiger charge is 2.36. The van der Waals surface area contributed by atoms with E-state index in [0.29, 0.717) is 18.0 Å². The van der Waals surface area contributed by atoms with Crippen LogP contribution in [0.3, 0.4) is 0 Å². The van der Waals surface area contributed by atoms with E-state index in [1.807, 2.05) is 0 Å². The number of para-hydroxylation sites is 1. The molecule has 2 aliphatic rings. The molecule has 2 heterocycles. The van der Waals surface area contributed by atoms with Crippen LogP contribution < -0.4 is 10.1 Å². The Hall–Kier alpha value is -1.06. The monoisotopic (exact) mass is 288 g/mol. The third-order valence-corrected chi connectivity index (χ3v) is 5.04. The molecule has 3 unspecified atom stereocenters. The number of likely N-dealkylation sites (tertiary alicyclic amines) is 1. The zero-order valence-electron chi connectivity index (χ0n) is 13.3. The van der Waals surface area contributed by atoms with Crippen LogP contribution >= 0.6 is 0 Å². The fraction of sp³-hybridized carbons (Fsp3) is 0.667. The average Bonchev–Trinajstić information content (AvgIpc) is 2.53. The molecule has 1 fully saturated rings. The molecule has 3 atom stereocenters. The summed E-state index contributed by atoms with van der Waals surface area (Å²) in [5, 5.41) is 3.32. The molecule has 21 heavy (non-hydrogen) atoms. The second kappa shape index (κ2) is 6.80. The standard InChI is InChI=1S/C18H28N2O/c1-14-13-21-17-9-4-3-8-16(17)18(14)20-12-6-5-7-15(20)10-11-19-2/h3-4,8-9,14-15,18-19H,5-7,10-13H2,1-2H3. The Morgan fingerprint density at radius 2 is 2.14 bits per heavy atom. The minimum atomic E-state index is 0.525. The first-order valence-electron chi connectivity index (χ1n) is 8.43. The Bertz CT molecular complexity index is 462. The molecular weight excluding hydrogens is 260 g/mol. The van der Waals surface area contributed by atoms with Gasteiger partial charge in [0.2, 0.25) is 0 Å². The van der Waals surface area contributed by atoms with Gasteiger partial charge in [-0.3, -0.25) is 4.90 Å². The quantitative estimate of drug-likeness (QED) is 0.920. The van der Waals surface area contributed by atoms with Gasteiger partial charge < -0.3 is 10.1 Å². The third kappa shape index (κ3) is 3.09. The average molecular weight is 288 g/mol. The summed E-state index contributed by atoms with van der Waals surface area (Å²) in [5.41, 5.74) is 1.40. The van der Waals surface area contributed by atoms with Gasteiger partial charge >= 0.3 is 0 Å². The predicted octanol–water partition coefficient (Wildman–Crippen LogP) is 3.22. The Balaban J connectivity index is 1.85. The van der Waals surface area contributed by atoms with Crippen molar-refractivity contribution in [2.75, 3.05) is 26.7 Å². The number of piperidine rings is 1. The lowest BCUT2D eigenvalue weighted by atomic mass is 9.86. The van der Waals surface area contributed by atoms with Crippen molar-refractivity contribution in [2.45, 2.75) is 44.7 Å². The van der Waals surface area contributed by atoms with Crippen molar-refractivity contribution in [1.29, 1.82) is 0 Å². The van der Waals surface area contributed by atoms with E-state index in [9.17, 15) is 0 Å². The highest BCUT2D eigenvalue weighted by atomic mass is 16.5. The molecule has 0 saturated carbocycles. The number of fused-ring (bicyclic) bond motifs is 1. The fourth-order valence-corrected chi connectivity index (χ4v) is 3.99. The molecule has 3 rings (SSSR count). The van der Waals surface area contributed by atoms with Crippen molar-refractivity contribution in [3.05, 3.63) is 29.8 Å². The van der Waals surface area contributed by atoms with Crippen LogP contribution in [-0.4, -0.2) is 37.7 Å². The molecule has 3 heteroatoms. The van der Waals surface area contributed by atoms with E-state index in [2.05, 4.69) is 48.5 Å². The van der Waals surface area contributed by atoms with Crippen LogP contribution in [0.4, 0.5) is 0 Å². The zero-order valence-corrected chi connectivity index (χ0v) is 13.3. The van der Waals surface area contributed by atoms with Crippen molar-refractivity contribution in [2.24, 2.45) is 5.92 Å². The lowest BCUT2D eigenvalue weighted by molar-refractivity contribution is 0.0311. The molecule has 2 aliphatic heterocycles. The number of rotatable bonds is 4. The van der Waals surface area contributed by atoms with Crippen LogP contribution in [0.2, 0.25) is 0 Å². The molecule has 0 aliphatic carbocycles. The van der Waals surface area contributed by atoms with E-state index in [0.717, 1.165) is 18.9 Å². The molecule has 0 spiro atoms. The summed E-state index contributed by atoms with van der Waals surface area (Å²) in [6.07, 6.45) is 5.31. The van der Waals surface area contributed by atoms with Crippen LogP contribution in [0.15, 0.2) is 24.3 Å². The molecule has 1 N–H and O–H groups in total. The predicted molar refractivity (Wildman–Crippen MR) is 86.7 cm³/mol. The maximum absolute atomic E-state index is 5.93. The molecular formula is C18H28N2O. The van der Waals surface area contributed by atoms with E-state index in [-0.39, 0.29) is 0 Å². The minimum absolute atomic E-state index is 0.525. The van der Waals surface area contributed by atoms with Crippen molar-refractivity contribution in [3.8, 4) is 5.75 Å². The summed E-state index contributed by atoms with van der Waals surface area (Å²) in [7, 11) is 2.06. The smallest absolute Gasteiger partial charge is 0.124 e. The molecule has 1 aromatic carbocycles. The number of nitrogens with zero attached hydrogens (tertiary/aromatic N) is 1. The molecule has 0 amide bonds. The Morgan fingerprint density at radius 3 is 3.00 bits per heavy atom. The van der Waals surface area contributed by atoms with E-state index >= 15 is 0 Å². The van der Waals surface area contributed by atoms with Gasteiger partial charge in [0, 0.05) is 23.6 Å². The molecule has 0 radical (unpaired) electrons. The summed E-state index contributed by atoms with van der Waals surface area (Å²) < 4.78 is 5.93. The number of benzene rings is 1. The second-order valence-electron chi connectivity index (χ2n) is 6.55. The Morgan fingerprint density at radius 1 is 1.29 bits per heavy atom. The summed E-state index contributed by atoms with van der Waals surface area (Å²) >= 11 is 0. The van der Waals surface area contributed by atoms with Crippen LogP contribution in [0.1, 0.15) is 44.2 Å². The largest absolute Gasteiger partial charge is 0.493 e. The lowest BCUT2D eigenvalue weighted by Gasteiger charge is -2.46. The minimum Gasteiger partial charge on any atom is -0.493 e. The zero-order chi connectivity index (χ0) is 14.7. The van der Waals surface area contributed by atoms with Gasteiger partial charge in [0.15, 0.2) is 0 Å². The first kappa shape index (κ1) is 14.9. The number of hydrogen-bond donors (Lipinski definition) is 1. The summed E-state index contributed by atoms with van der Waals surface area (Å²) in [4.78, 5) is 2.77. The van der Waals surface area contributed by atoms with Gasteiger partial charge in [-0.15, -0.1) is 0 Å². The number of hydrogen-bond acceptors (Lipinski definition) is 3.